The number of carbonyl (C=O) groups excluding carboxylic acids is 2. The Hall–Kier alpha value is -1.14. The van der Waals surface area contributed by atoms with Gasteiger partial charge in [0.15, 0.2) is 0 Å². The van der Waals surface area contributed by atoms with Crippen LogP contribution in [0.5, 0.6) is 0 Å². The molecule has 0 unspecified atom stereocenters. The van der Waals surface area contributed by atoms with Crippen LogP contribution < -0.4 is 0 Å². The minimum atomic E-state index is 0.332. The zero-order valence-corrected chi connectivity index (χ0v) is 17.9. The van der Waals surface area contributed by atoms with Gasteiger partial charge in [0.25, 0.3) is 0 Å². The predicted molar refractivity (Wildman–Crippen MR) is 112 cm³/mol. The van der Waals surface area contributed by atoms with Crippen LogP contribution in [-0.4, -0.2) is 95.9 Å². The second-order valence-electron chi connectivity index (χ2n) is 10.3. The van der Waals surface area contributed by atoms with Crippen LogP contribution in [0.25, 0.3) is 0 Å². The maximum Gasteiger partial charge on any atom is 0.236 e. The van der Waals surface area contributed by atoms with Crippen LogP contribution in [0.4, 0.5) is 0 Å². The van der Waals surface area contributed by atoms with Crippen molar-refractivity contribution >= 4 is 11.8 Å². The summed E-state index contributed by atoms with van der Waals surface area (Å²) in [4.78, 5) is 34.7. The van der Waals surface area contributed by atoms with Gasteiger partial charge in [-0.25, -0.2) is 0 Å². The van der Waals surface area contributed by atoms with E-state index in [2.05, 4.69) is 19.6 Å². The molecule has 5 heterocycles. The zero-order chi connectivity index (χ0) is 19.8. The van der Waals surface area contributed by atoms with Crippen LogP contribution in [0.3, 0.4) is 0 Å². The zero-order valence-electron chi connectivity index (χ0n) is 17.9. The van der Waals surface area contributed by atoms with Crippen molar-refractivity contribution < 1.29 is 9.59 Å². The van der Waals surface area contributed by atoms with Gasteiger partial charge < -0.3 is 14.7 Å². The Morgan fingerprint density at radius 2 is 1.69 bits per heavy atom. The van der Waals surface area contributed by atoms with Crippen LogP contribution in [0.2, 0.25) is 0 Å². The third kappa shape index (κ3) is 4.20. The molecule has 5 fully saturated rings. The Bertz CT molecular complexity index is 612. The van der Waals surface area contributed by atoms with E-state index in [4.69, 9.17) is 0 Å². The molecule has 6 heteroatoms. The SMILES string of the molecule is O=C(CN1C[C@H]2C[C@H](C1)[C@H]1CCCC(=O)N1C2)N1CCC(N2CCCCC2)CC1. The molecule has 29 heavy (non-hydrogen) atoms. The highest BCUT2D eigenvalue weighted by atomic mass is 16.2. The van der Waals surface area contributed by atoms with E-state index in [0.29, 0.717) is 42.3 Å². The Labute approximate surface area is 175 Å². The standard InChI is InChI=1S/C23H38N4O2/c28-22-6-4-5-21-19-13-18(15-27(21)22)14-24(16-19)17-23(29)26-11-7-20(8-12-26)25-9-2-1-3-10-25/h18-21H,1-17H2/t18-,19-,21-/m1/s1. The second-order valence-corrected chi connectivity index (χ2v) is 10.3. The topological polar surface area (TPSA) is 47.1 Å². The van der Waals surface area contributed by atoms with Crippen molar-refractivity contribution in [2.24, 2.45) is 11.8 Å². The molecule has 5 saturated heterocycles. The number of likely N-dealkylation sites (tertiary alicyclic amines) is 3. The van der Waals surface area contributed by atoms with Crippen molar-refractivity contribution in [2.75, 3.05) is 52.4 Å². The quantitative estimate of drug-likeness (QED) is 0.722. The van der Waals surface area contributed by atoms with E-state index >= 15 is 0 Å². The lowest BCUT2D eigenvalue weighted by Crippen LogP contribution is -2.61. The van der Waals surface area contributed by atoms with Gasteiger partial charge in [0, 0.05) is 51.2 Å². The fourth-order valence-electron chi connectivity index (χ4n) is 6.90. The van der Waals surface area contributed by atoms with Crippen LogP contribution in [-0.2, 0) is 9.59 Å². The first-order valence-corrected chi connectivity index (χ1v) is 12.2. The van der Waals surface area contributed by atoms with E-state index in [1.165, 1.54) is 38.8 Å². The number of piperidine rings is 5. The first-order chi connectivity index (χ1) is 14.2. The highest BCUT2D eigenvalue weighted by Gasteiger charge is 2.44. The van der Waals surface area contributed by atoms with E-state index in [-0.39, 0.29) is 0 Å². The normalized spacial score (nSPS) is 34.9. The van der Waals surface area contributed by atoms with Gasteiger partial charge in [0.2, 0.25) is 11.8 Å². The summed E-state index contributed by atoms with van der Waals surface area (Å²) in [7, 11) is 0. The van der Waals surface area contributed by atoms with E-state index in [1.54, 1.807) is 0 Å². The predicted octanol–water partition coefficient (Wildman–Crippen LogP) is 1.80. The Balaban J connectivity index is 1.12. The lowest BCUT2D eigenvalue weighted by Gasteiger charge is -2.52. The first-order valence-electron chi connectivity index (χ1n) is 12.2. The van der Waals surface area contributed by atoms with Gasteiger partial charge in [-0.2, -0.15) is 0 Å². The molecular formula is C23H38N4O2. The number of hydrogen-bond donors (Lipinski definition) is 0. The summed E-state index contributed by atoms with van der Waals surface area (Å²) in [6.45, 7) is 7.89. The molecule has 162 valence electrons. The molecular weight excluding hydrogens is 364 g/mol. The summed E-state index contributed by atoms with van der Waals surface area (Å²) >= 11 is 0. The fraction of sp³-hybridized carbons (Fsp3) is 0.913. The minimum Gasteiger partial charge on any atom is -0.341 e. The summed E-state index contributed by atoms with van der Waals surface area (Å²) < 4.78 is 0. The maximum atomic E-state index is 13.0. The van der Waals surface area contributed by atoms with Crippen LogP contribution >= 0.6 is 0 Å². The second kappa shape index (κ2) is 8.54. The lowest BCUT2D eigenvalue weighted by molar-refractivity contribution is -0.147. The Morgan fingerprint density at radius 1 is 0.897 bits per heavy atom. The maximum absolute atomic E-state index is 13.0. The summed E-state index contributed by atoms with van der Waals surface area (Å²) in [6, 6.07) is 1.13. The molecule has 2 amide bonds. The summed E-state index contributed by atoms with van der Waals surface area (Å²) in [5.41, 5.74) is 0. The fourth-order valence-corrected chi connectivity index (χ4v) is 6.90. The van der Waals surface area contributed by atoms with E-state index in [1.807, 2.05) is 0 Å². The van der Waals surface area contributed by atoms with Crippen molar-refractivity contribution in [3.63, 3.8) is 0 Å². The van der Waals surface area contributed by atoms with Gasteiger partial charge in [0.05, 0.1) is 6.54 Å². The summed E-state index contributed by atoms with van der Waals surface area (Å²) in [5, 5.41) is 0. The molecule has 0 N–H and O–H groups in total. The van der Waals surface area contributed by atoms with E-state index in [9.17, 15) is 9.59 Å². The lowest BCUT2D eigenvalue weighted by atomic mass is 9.76. The molecule has 5 rings (SSSR count). The van der Waals surface area contributed by atoms with E-state index < -0.39 is 0 Å². The Morgan fingerprint density at radius 3 is 2.48 bits per heavy atom. The van der Waals surface area contributed by atoms with Gasteiger partial charge >= 0.3 is 0 Å². The highest BCUT2D eigenvalue weighted by molar-refractivity contribution is 5.78. The molecule has 0 aliphatic carbocycles. The molecule has 2 bridgehead atoms. The first kappa shape index (κ1) is 19.8. The van der Waals surface area contributed by atoms with Gasteiger partial charge in [-0.15, -0.1) is 0 Å². The molecule has 0 spiro atoms. The van der Waals surface area contributed by atoms with Gasteiger partial charge in [-0.05, 0) is 69.9 Å². The number of hydrogen-bond acceptors (Lipinski definition) is 4. The number of nitrogens with zero attached hydrogens (tertiary/aromatic N) is 4. The average molecular weight is 403 g/mol. The molecule has 5 aliphatic heterocycles. The monoisotopic (exact) mass is 402 g/mol. The van der Waals surface area contributed by atoms with Gasteiger partial charge in [-0.1, -0.05) is 6.42 Å². The van der Waals surface area contributed by atoms with Crippen LogP contribution in [0.1, 0.15) is 57.8 Å². The number of carbonyl (C=O) groups is 2. The largest absolute Gasteiger partial charge is 0.341 e. The van der Waals surface area contributed by atoms with Crippen LogP contribution in [0.15, 0.2) is 0 Å². The van der Waals surface area contributed by atoms with Crippen molar-refractivity contribution in [1.29, 1.82) is 0 Å². The van der Waals surface area contributed by atoms with Crippen molar-refractivity contribution in [1.82, 2.24) is 19.6 Å². The third-order valence-electron chi connectivity index (χ3n) is 8.34. The molecule has 0 aromatic carbocycles. The van der Waals surface area contributed by atoms with Crippen LogP contribution in [0, 0.1) is 11.8 Å². The highest BCUT2D eigenvalue weighted by Crippen LogP contribution is 2.37. The molecule has 0 radical (unpaired) electrons. The number of fused-ring (bicyclic) bond motifs is 4. The van der Waals surface area contributed by atoms with Crippen molar-refractivity contribution in [2.45, 2.75) is 69.9 Å². The Kier molecular flexibility index (Phi) is 5.83. The van der Waals surface area contributed by atoms with E-state index in [0.717, 1.165) is 64.8 Å². The van der Waals surface area contributed by atoms with Gasteiger partial charge in [-0.3, -0.25) is 14.5 Å². The molecule has 0 aromatic rings. The van der Waals surface area contributed by atoms with Gasteiger partial charge in [0.1, 0.15) is 0 Å². The van der Waals surface area contributed by atoms with Crippen molar-refractivity contribution in [3.05, 3.63) is 0 Å². The average Bonchev–Trinajstić information content (AvgIpc) is 2.75. The summed E-state index contributed by atoms with van der Waals surface area (Å²) in [6.07, 6.45) is 10.6. The number of rotatable bonds is 3. The molecule has 6 nitrogen and oxygen atoms in total. The molecule has 0 aromatic heterocycles. The smallest absolute Gasteiger partial charge is 0.236 e. The third-order valence-corrected chi connectivity index (χ3v) is 8.34. The molecule has 0 saturated carbocycles. The summed E-state index contributed by atoms with van der Waals surface area (Å²) in [5.74, 6) is 1.84. The molecule has 5 aliphatic rings. The molecule has 3 atom stereocenters. The minimum absolute atomic E-state index is 0.332. The number of amides is 2. The van der Waals surface area contributed by atoms with Crippen molar-refractivity contribution in [3.8, 4) is 0 Å².